The Hall–Kier alpha value is -1.75. The molecule has 1 aromatic heterocycles. The highest BCUT2D eigenvalue weighted by molar-refractivity contribution is 7.14. The molecule has 0 aliphatic carbocycles. The van der Waals surface area contributed by atoms with Crippen molar-refractivity contribution < 1.29 is 9.47 Å². The number of benzene rings is 1. The third-order valence-corrected chi connectivity index (χ3v) is 4.45. The Morgan fingerprint density at radius 2 is 1.85 bits per heavy atom. The summed E-state index contributed by atoms with van der Waals surface area (Å²) in [6.45, 7) is 2.25. The molecule has 0 atom stereocenters. The molecule has 1 aliphatic heterocycles. The Morgan fingerprint density at radius 1 is 1.10 bits per heavy atom. The summed E-state index contributed by atoms with van der Waals surface area (Å²) in [5.41, 5.74) is 2.06. The Morgan fingerprint density at radius 3 is 2.55 bits per heavy atom. The summed E-state index contributed by atoms with van der Waals surface area (Å²) < 4.78 is 10.6. The lowest BCUT2D eigenvalue weighted by molar-refractivity contribution is 0.355. The minimum absolute atomic E-state index is 0.737. The molecule has 1 fully saturated rings. The van der Waals surface area contributed by atoms with Gasteiger partial charge in [0.25, 0.3) is 0 Å². The molecule has 0 saturated carbocycles. The van der Waals surface area contributed by atoms with Crippen molar-refractivity contribution in [3.05, 3.63) is 23.6 Å². The van der Waals surface area contributed by atoms with Gasteiger partial charge in [-0.25, -0.2) is 4.98 Å². The van der Waals surface area contributed by atoms with Crippen molar-refractivity contribution >= 4 is 16.5 Å². The molecular weight excluding hydrogens is 272 g/mol. The van der Waals surface area contributed by atoms with E-state index in [1.54, 1.807) is 25.6 Å². The number of aromatic nitrogens is 1. The van der Waals surface area contributed by atoms with Crippen LogP contribution in [0.15, 0.2) is 23.6 Å². The molecule has 0 bridgehead atoms. The molecule has 1 saturated heterocycles. The SMILES string of the molecule is COc1ccc(-c2csc(N3CCCC3)n2)cc1OC. The van der Waals surface area contributed by atoms with Crippen molar-refractivity contribution in [3.63, 3.8) is 0 Å². The molecule has 2 aromatic rings. The maximum atomic E-state index is 5.35. The van der Waals surface area contributed by atoms with Gasteiger partial charge in [0, 0.05) is 24.0 Å². The van der Waals surface area contributed by atoms with Gasteiger partial charge >= 0.3 is 0 Å². The third-order valence-electron chi connectivity index (χ3n) is 3.55. The van der Waals surface area contributed by atoms with E-state index < -0.39 is 0 Å². The van der Waals surface area contributed by atoms with Gasteiger partial charge in [-0.3, -0.25) is 0 Å². The lowest BCUT2D eigenvalue weighted by Gasteiger charge is -2.12. The second kappa shape index (κ2) is 5.71. The molecule has 20 heavy (non-hydrogen) atoms. The fourth-order valence-electron chi connectivity index (χ4n) is 2.45. The predicted octanol–water partition coefficient (Wildman–Crippen LogP) is 3.43. The molecule has 0 spiro atoms. The molecule has 2 heterocycles. The number of hydrogen-bond acceptors (Lipinski definition) is 5. The van der Waals surface area contributed by atoms with Gasteiger partial charge in [-0.15, -0.1) is 11.3 Å². The first-order valence-electron chi connectivity index (χ1n) is 6.74. The first kappa shape index (κ1) is 13.2. The first-order chi connectivity index (χ1) is 9.81. The largest absolute Gasteiger partial charge is 0.493 e. The third kappa shape index (κ3) is 2.45. The number of anilines is 1. The number of rotatable bonds is 4. The summed E-state index contributed by atoms with van der Waals surface area (Å²) in [4.78, 5) is 7.10. The van der Waals surface area contributed by atoms with Crippen molar-refractivity contribution in [1.82, 2.24) is 4.98 Å². The van der Waals surface area contributed by atoms with Crippen LogP contribution in [0, 0.1) is 0 Å². The normalized spacial score (nSPS) is 14.6. The summed E-state index contributed by atoms with van der Waals surface area (Å²) in [7, 11) is 3.30. The Bertz CT molecular complexity index is 591. The molecule has 0 N–H and O–H groups in total. The van der Waals surface area contributed by atoms with E-state index in [2.05, 4.69) is 10.3 Å². The number of nitrogens with zero attached hydrogens (tertiary/aromatic N) is 2. The number of methoxy groups -OCH3 is 2. The van der Waals surface area contributed by atoms with Crippen LogP contribution in [0.2, 0.25) is 0 Å². The van der Waals surface area contributed by atoms with Crippen LogP contribution in [0.3, 0.4) is 0 Å². The van der Waals surface area contributed by atoms with E-state index in [-0.39, 0.29) is 0 Å². The molecule has 1 aromatic carbocycles. The van der Waals surface area contributed by atoms with Gasteiger partial charge in [0.2, 0.25) is 0 Å². The molecule has 1 aliphatic rings. The highest BCUT2D eigenvalue weighted by atomic mass is 32.1. The van der Waals surface area contributed by atoms with E-state index in [4.69, 9.17) is 14.5 Å². The predicted molar refractivity (Wildman–Crippen MR) is 82.1 cm³/mol. The smallest absolute Gasteiger partial charge is 0.185 e. The van der Waals surface area contributed by atoms with Gasteiger partial charge in [0.15, 0.2) is 16.6 Å². The fourth-order valence-corrected chi connectivity index (χ4v) is 3.33. The second-order valence-corrected chi connectivity index (χ2v) is 5.62. The summed E-state index contributed by atoms with van der Waals surface area (Å²) in [5.74, 6) is 1.48. The van der Waals surface area contributed by atoms with Crippen molar-refractivity contribution in [2.45, 2.75) is 12.8 Å². The van der Waals surface area contributed by atoms with Crippen LogP contribution in [0.25, 0.3) is 11.3 Å². The molecule has 0 radical (unpaired) electrons. The zero-order chi connectivity index (χ0) is 13.9. The standard InChI is InChI=1S/C15H18N2O2S/c1-18-13-6-5-11(9-14(13)19-2)12-10-20-15(16-12)17-7-3-4-8-17/h5-6,9-10H,3-4,7-8H2,1-2H3. The minimum Gasteiger partial charge on any atom is -0.493 e. The van der Waals surface area contributed by atoms with Crippen molar-refractivity contribution in [2.75, 3.05) is 32.2 Å². The average molecular weight is 290 g/mol. The average Bonchev–Trinajstić information content (AvgIpc) is 3.16. The van der Waals surface area contributed by atoms with Crippen molar-refractivity contribution in [1.29, 1.82) is 0 Å². The number of ether oxygens (including phenoxy) is 2. The fraction of sp³-hybridized carbons (Fsp3) is 0.400. The van der Waals surface area contributed by atoms with Gasteiger partial charge in [0.05, 0.1) is 19.9 Å². The van der Waals surface area contributed by atoms with E-state index in [0.717, 1.165) is 41.0 Å². The van der Waals surface area contributed by atoms with Crippen LogP contribution in [0.4, 0.5) is 5.13 Å². The summed E-state index contributed by atoms with van der Waals surface area (Å²) in [6.07, 6.45) is 2.54. The van der Waals surface area contributed by atoms with Crippen LogP contribution in [-0.4, -0.2) is 32.3 Å². The van der Waals surface area contributed by atoms with Gasteiger partial charge in [-0.2, -0.15) is 0 Å². The van der Waals surface area contributed by atoms with Crippen LogP contribution in [0.1, 0.15) is 12.8 Å². The molecule has 3 rings (SSSR count). The van der Waals surface area contributed by atoms with Crippen LogP contribution in [0.5, 0.6) is 11.5 Å². The first-order valence-corrected chi connectivity index (χ1v) is 7.62. The van der Waals surface area contributed by atoms with Crippen LogP contribution < -0.4 is 14.4 Å². The quantitative estimate of drug-likeness (QED) is 0.864. The maximum absolute atomic E-state index is 5.35. The highest BCUT2D eigenvalue weighted by Gasteiger charge is 2.16. The van der Waals surface area contributed by atoms with E-state index in [1.807, 2.05) is 18.2 Å². The second-order valence-electron chi connectivity index (χ2n) is 4.78. The Balaban J connectivity index is 1.88. The van der Waals surface area contributed by atoms with Gasteiger partial charge in [-0.1, -0.05) is 0 Å². The zero-order valence-corrected chi connectivity index (χ0v) is 12.6. The zero-order valence-electron chi connectivity index (χ0n) is 11.8. The summed E-state index contributed by atoms with van der Waals surface area (Å²) >= 11 is 1.71. The molecule has 0 unspecified atom stereocenters. The monoisotopic (exact) mass is 290 g/mol. The molecule has 4 nitrogen and oxygen atoms in total. The van der Waals surface area contributed by atoms with Gasteiger partial charge in [0.1, 0.15) is 0 Å². The summed E-state index contributed by atoms with van der Waals surface area (Å²) in [6, 6.07) is 5.91. The maximum Gasteiger partial charge on any atom is 0.185 e. The Labute approximate surface area is 123 Å². The van der Waals surface area contributed by atoms with Crippen molar-refractivity contribution in [2.24, 2.45) is 0 Å². The molecule has 0 amide bonds. The lowest BCUT2D eigenvalue weighted by Crippen LogP contribution is -2.17. The van der Waals surface area contributed by atoms with E-state index in [0.29, 0.717) is 0 Å². The van der Waals surface area contributed by atoms with Gasteiger partial charge < -0.3 is 14.4 Å². The molecular formula is C15H18N2O2S. The van der Waals surface area contributed by atoms with E-state index in [9.17, 15) is 0 Å². The van der Waals surface area contributed by atoms with Crippen molar-refractivity contribution in [3.8, 4) is 22.8 Å². The molecule has 5 heteroatoms. The lowest BCUT2D eigenvalue weighted by atomic mass is 10.1. The van der Waals surface area contributed by atoms with Crippen LogP contribution >= 0.6 is 11.3 Å². The van der Waals surface area contributed by atoms with E-state index >= 15 is 0 Å². The van der Waals surface area contributed by atoms with Gasteiger partial charge in [-0.05, 0) is 31.0 Å². The van der Waals surface area contributed by atoms with Crippen LogP contribution in [-0.2, 0) is 0 Å². The number of hydrogen-bond donors (Lipinski definition) is 0. The summed E-state index contributed by atoms with van der Waals surface area (Å²) in [5, 5.41) is 3.22. The van der Waals surface area contributed by atoms with E-state index in [1.165, 1.54) is 12.8 Å². The molecule has 106 valence electrons. The minimum atomic E-state index is 0.737. The Kier molecular flexibility index (Phi) is 3.78. The topological polar surface area (TPSA) is 34.6 Å². The highest BCUT2D eigenvalue weighted by Crippen LogP contribution is 2.34. The number of thiazole rings is 1.